The number of nitrogens with one attached hydrogen (secondary N) is 1. The molecule has 1 fully saturated rings. The lowest BCUT2D eigenvalue weighted by Gasteiger charge is -2.30. The lowest BCUT2D eigenvalue weighted by atomic mass is 9.94. The first-order chi connectivity index (χ1) is 8.63. The van der Waals surface area contributed by atoms with Crippen LogP contribution in [-0.2, 0) is 4.74 Å². The van der Waals surface area contributed by atoms with E-state index in [1.807, 2.05) is 6.07 Å². The number of ether oxygens (including phenoxy) is 2. The van der Waals surface area contributed by atoms with Crippen LogP contribution in [0.2, 0.25) is 0 Å². The van der Waals surface area contributed by atoms with Crippen LogP contribution in [0.1, 0.15) is 22.7 Å². The molecule has 4 nitrogen and oxygen atoms in total. The minimum absolute atomic E-state index is 0.00839. The van der Waals surface area contributed by atoms with Gasteiger partial charge in [0.05, 0.1) is 25.9 Å². The van der Waals surface area contributed by atoms with Crippen molar-refractivity contribution in [1.29, 1.82) is 0 Å². The zero-order valence-electron chi connectivity index (χ0n) is 11.3. The minimum atomic E-state index is -0.159. The van der Waals surface area contributed by atoms with Crippen molar-refractivity contribution in [2.75, 3.05) is 26.8 Å². The molecule has 1 heterocycles. The number of methoxy groups -OCH3 is 1. The van der Waals surface area contributed by atoms with Crippen LogP contribution in [0.3, 0.4) is 0 Å². The third-order valence-corrected chi connectivity index (χ3v) is 3.40. The summed E-state index contributed by atoms with van der Waals surface area (Å²) in [5.74, 6) is 0.856. The van der Waals surface area contributed by atoms with E-state index in [9.17, 15) is 0 Å². The molecular formula is C14H22N2O2. The van der Waals surface area contributed by atoms with E-state index in [2.05, 4.69) is 25.2 Å². The first kappa shape index (κ1) is 13.3. The molecule has 3 N–H and O–H groups in total. The Kier molecular flexibility index (Phi) is 4.22. The molecule has 4 heteroatoms. The van der Waals surface area contributed by atoms with E-state index in [-0.39, 0.29) is 12.1 Å². The summed E-state index contributed by atoms with van der Waals surface area (Å²) in [7, 11) is 1.68. The van der Waals surface area contributed by atoms with Crippen LogP contribution < -0.4 is 15.8 Å². The topological polar surface area (TPSA) is 56.5 Å². The first-order valence-corrected chi connectivity index (χ1v) is 6.36. The van der Waals surface area contributed by atoms with Gasteiger partial charge in [-0.15, -0.1) is 0 Å². The molecule has 2 atom stereocenters. The third-order valence-electron chi connectivity index (χ3n) is 3.40. The van der Waals surface area contributed by atoms with E-state index in [4.69, 9.17) is 15.2 Å². The van der Waals surface area contributed by atoms with Gasteiger partial charge in [-0.05, 0) is 31.0 Å². The summed E-state index contributed by atoms with van der Waals surface area (Å²) in [4.78, 5) is 0. The van der Waals surface area contributed by atoms with Crippen LogP contribution in [0.15, 0.2) is 12.1 Å². The molecule has 1 aliphatic heterocycles. The predicted molar refractivity (Wildman–Crippen MR) is 72.0 cm³/mol. The van der Waals surface area contributed by atoms with Gasteiger partial charge in [0.25, 0.3) is 0 Å². The fraction of sp³-hybridized carbons (Fsp3) is 0.571. The molecular weight excluding hydrogens is 228 g/mol. The Hall–Kier alpha value is -1.10. The first-order valence-electron chi connectivity index (χ1n) is 6.36. The Morgan fingerprint density at radius 3 is 2.83 bits per heavy atom. The van der Waals surface area contributed by atoms with Gasteiger partial charge in [-0.3, -0.25) is 0 Å². The van der Waals surface area contributed by atoms with Crippen molar-refractivity contribution in [3.8, 4) is 5.75 Å². The average Bonchev–Trinajstić information content (AvgIpc) is 2.38. The summed E-state index contributed by atoms with van der Waals surface area (Å²) in [6.45, 7) is 6.53. The SMILES string of the molecule is COc1cc(C)cc(C)c1C(N)C1CNCCO1. The highest BCUT2D eigenvalue weighted by atomic mass is 16.5. The second-order valence-corrected chi connectivity index (χ2v) is 4.84. The Labute approximate surface area is 108 Å². The van der Waals surface area contributed by atoms with Crippen LogP contribution in [0.4, 0.5) is 0 Å². The van der Waals surface area contributed by atoms with Gasteiger partial charge in [0, 0.05) is 18.7 Å². The highest BCUT2D eigenvalue weighted by Crippen LogP contribution is 2.31. The van der Waals surface area contributed by atoms with Crippen molar-refractivity contribution < 1.29 is 9.47 Å². The number of rotatable bonds is 3. The molecule has 18 heavy (non-hydrogen) atoms. The van der Waals surface area contributed by atoms with Crippen LogP contribution >= 0.6 is 0 Å². The summed E-state index contributed by atoms with van der Waals surface area (Å²) >= 11 is 0. The molecule has 1 aromatic rings. The van der Waals surface area contributed by atoms with Crippen molar-refractivity contribution in [1.82, 2.24) is 5.32 Å². The van der Waals surface area contributed by atoms with Gasteiger partial charge in [-0.1, -0.05) is 6.07 Å². The van der Waals surface area contributed by atoms with Crippen molar-refractivity contribution in [2.24, 2.45) is 5.73 Å². The van der Waals surface area contributed by atoms with E-state index in [0.717, 1.165) is 30.0 Å². The number of hydrogen-bond donors (Lipinski definition) is 2. The Morgan fingerprint density at radius 2 is 2.22 bits per heavy atom. The standard InChI is InChI=1S/C14H22N2O2/c1-9-6-10(2)13(11(7-9)17-3)14(15)12-8-16-4-5-18-12/h6-7,12,14,16H,4-5,8,15H2,1-3H3. The summed E-state index contributed by atoms with van der Waals surface area (Å²) in [6.07, 6.45) is 0.00839. The molecule has 0 bridgehead atoms. The molecule has 0 amide bonds. The molecule has 0 spiro atoms. The third kappa shape index (κ3) is 2.66. The minimum Gasteiger partial charge on any atom is -0.496 e. The van der Waals surface area contributed by atoms with Crippen LogP contribution in [0.25, 0.3) is 0 Å². The van der Waals surface area contributed by atoms with Crippen LogP contribution in [0.5, 0.6) is 5.75 Å². The lowest BCUT2D eigenvalue weighted by Crippen LogP contribution is -2.44. The molecule has 0 aromatic heterocycles. The van der Waals surface area contributed by atoms with Gasteiger partial charge in [0.2, 0.25) is 0 Å². The van der Waals surface area contributed by atoms with Gasteiger partial charge < -0.3 is 20.5 Å². The molecule has 0 radical (unpaired) electrons. The molecule has 2 rings (SSSR count). The molecule has 0 aliphatic carbocycles. The highest BCUT2D eigenvalue weighted by Gasteiger charge is 2.26. The van der Waals surface area contributed by atoms with Crippen LogP contribution in [0, 0.1) is 13.8 Å². The maximum Gasteiger partial charge on any atom is 0.124 e. The zero-order valence-corrected chi connectivity index (χ0v) is 11.3. The van der Waals surface area contributed by atoms with E-state index < -0.39 is 0 Å². The number of hydrogen-bond acceptors (Lipinski definition) is 4. The second-order valence-electron chi connectivity index (χ2n) is 4.84. The smallest absolute Gasteiger partial charge is 0.124 e. The van der Waals surface area contributed by atoms with Crippen molar-refractivity contribution in [3.05, 3.63) is 28.8 Å². The van der Waals surface area contributed by atoms with Crippen molar-refractivity contribution >= 4 is 0 Å². The summed E-state index contributed by atoms with van der Waals surface area (Å²) in [5, 5.41) is 3.31. The fourth-order valence-electron chi connectivity index (χ4n) is 2.54. The largest absolute Gasteiger partial charge is 0.496 e. The van der Waals surface area contributed by atoms with Gasteiger partial charge in [-0.25, -0.2) is 0 Å². The Bertz CT molecular complexity index is 415. The van der Waals surface area contributed by atoms with Gasteiger partial charge >= 0.3 is 0 Å². The van der Waals surface area contributed by atoms with Crippen LogP contribution in [-0.4, -0.2) is 32.9 Å². The Balaban J connectivity index is 2.30. The van der Waals surface area contributed by atoms with E-state index >= 15 is 0 Å². The van der Waals surface area contributed by atoms with Crippen molar-refractivity contribution in [2.45, 2.75) is 26.0 Å². The van der Waals surface area contributed by atoms with Crippen molar-refractivity contribution in [3.63, 3.8) is 0 Å². The van der Waals surface area contributed by atoms with Gasteiger partial charge in [0.1, 0.15) is 5.75 Å². The quantitative estimate of drug-likeness (QED) is 0.849. The lowest BCUT2D eigenvalue weighted by molar-refractivity contribution is 0.0116. The summed E-state index contributed by atoms with van der Waals surface area (Å²) < 4.78 is 11.2. The summed E-state index contributed by atoms with van der Waals surface area (Å²) in [6, 6.07) is 4.00. The molecule has 0 saturated carbocycles. The monoisotopic (exact) mass is 250 g/mol. The zero-order chi connectivity index (χ0) is 13.1. The number of morpholine rings is 1. The molecule has 1 aromatic carbocycles. The fourth-order valence-corrected chi connectivity index (χ4v) is 2.54. The molecule has 1 aliphatic rings. The normalized spacial score (nSPS) is 21.7. The molecule has 100 valence electrons. The van der Waals surface area contributed by atoms with E-state index in [0.29, 0.717) is 6.61 Å². The number of aryl methyl sites for hydroxylation is 2. The molecule has 1 saturated heterocycles. The summed E-state index contributed by atoms with van der Waals surface area (Å²) in [5.41, 5.74) is 9.75. The number of nitrogens with two attached hydrogens (primary N) is 1. The molecule has 2 unspecified atom stereocenters. The number of benzene rings is 1. The predicted octanol–water partition coefficient (Wildman–Crippen LogP) is 1.30. The highest BCUT2D eigenvalue weighted by molar-refractivity contribution is 5.45. The maximum absolute atomic E-state index is 6.35. The Morgan fingerprint density at radius 1 is 1.44 bits per heavy atom. The average molecular weight is 250 g/mol. The van der Waals surface area contributed by atoms with E-state index in [1.54, 1.807) is 7.11 Å². The van der Waals surface area contributed by atoms with Gasteiger partial charge in [-0.2, -0.15) is 0 Å². The second kappa shape index (κ2) is 5.69. The van der Waals surface area contributed by atoms with Gasteiger partial charge in [0.15, 0.2) is 0 Å². The van der Waals surface area contributed by atoms with E-state index in [1.165, 1.54) is 5.56 Å². The maximum atomic E-state index is 6.35.